The molecule has 5 heteroatoms. The lowest BCUT2D eigenvalue weighted by Gasteiger charge is -2.22. The smallest absolute Gasteiger partial charge is 0.234 e. The monoisotopic (exact) mass is 322 g/mol. The zero-order valence-corrected chi connectivity index (χ0v) is 15.0. The molecule has 0 aliphatic rings. The van der Waals surface area contributed by atoms with Crippen LogP contribution >= 0.6 is 0 Å². The van der Waals surface area contributed by atoms with Crippen molar-refractivity contribution in [3.63, 3.8) is 0 Å². The Morgan fingerprint density at radius 2 is 2.00 bits per heavy atom. The minimum absolute atomic E-state index is 0.0281. The van der Waals surface area contributed by atoms with Crippen LogP contribution in [0.2, 0.25) is 0 Å². The molecule has 0 aliphatic carbocycles. The van der Waals surface area contributed by atoms with E-state index in [1.54, 1.807) is 14.2 Å². The number of likely N-dealkylation sites (N-methyl/N-ethyl adjacent to an activating group) is 1. The molecule has 23 heavy (non-hydrogen) atoms. The SMILES string of the molecule is CCCCN(CC)CC(=O)NC(C)c1cc(OC)ccc1OC. The van der Waals surface area contributed by atoms with Crippen LogP contribution in [0.1, 0.15) is 45.2 Å². The van der Waals surface area contributed by atoms with Crippen molar-refractivity contribution in [2.75, 3.05) is 33.9 Å². The van der Waals surface area contributed by atoms with E-state index in [0.717, 1.165) is 43.0 Å². The number of amides is 1. The highest BCUT2D eigenvalue weighted by Crippen LogP contribution is 2.29. The minimum Gasteiger partial charge on any atom is -0.497 e. The summed E-state index contributed by atoms with van der Waals surface area (Å²) in [5, 5.41) is 3.05. The molecular formula is C18H30N2O3. The summed E-state index contributed by atoms with van der Waals surface area (Å²) in [6, 6.07) is 5.47. The van der Waals surface area contributed by atoms with Gasteiger partial charge in [-0.3, -0.25) is 9.69 Å². The van der Waals surface area contributed by atoms with Gasteiger partial charge in [-0.25, -0.2) is 0 Å². The van der Waals surface area contributed by atoms with E-state index in [-0.39, 0.29) is 11.9 Å². The summed E-state index contributed by atoms with van der Waals surface area (Å²) in [6.45, 7) is 8.45. The van der Waals surface area contributed by atoms with E-state index in [9.17, 15) is 4.79 Å². The van der Waals surface area contributed by atoms with Gasteiger partial charge in [-0.2, -0.15) is 0 Å². The van der Waals surface area contributed by atoms with E-state index in [1.807, 2.05) is 25.1 Å². The Morgan fingerprint density at radius 3 is 2.57 bits per heavy atom. The lowest BCUT2D eigenvalue weighted by molar-refractivity contribution is -0.122. The Bertz CT molecular complexity index is 491. The van der Waals surface area contributed by atoms with E-state index in [2.05, 4.69) is 24.1 Å². The second-order valence-corrected chi connectivity index (χ2v) is 5.62. The molecule has 0 radical (unpaired) electrons. The molecule has 1 atom stereocenters. The van der Waals surface area contributed by atoms with E-state index >= 15 is 0 Å². The van der Waals surface area contributed by atoms with E-state index in [4.69, 9.17) is 9.47 Å². The van der Waals surface area contributed by atoms with Crippen LogP contribution in [-0.4, -0.2) is 44.7 Å². The lowest BCUT2D eigenvalue weighted by Crippen LogP contribution is -2.38. The van der Waals surface area contributed by atoms with Crippen molar-refractivity contribution in [1.82, 2.24) is 10.2 Å². The van der Waals surface area contributed by atoms with Gasteiger partial charge in [-0.05, 0) is 44.6 Å². The minimum atomic E-state index is -0.141. The predicted octanol–water partition coefficient (Wildman–Crippen LogP) is 3.00. The summed E-state index contributed by atoms with van der Waals surface area (Å²) in [4.78, 5) is 14.4. The Kier molecular flexibility index (Phi) is 8.48. The number of carbonyl (C=O) groups is 1. The van der Waals surface area contributed by atoms with Crippen LogP contribution in [0.4, 0.5) is 0 Å². The first kappa shape index (κ1) is 19.3. The standard InChI is InChI=1S/C18H30N2O3/c1-6-8-11-20(7-2)13-18(21)19-14(3)16-12-15(22-4)9-10-17(16)23-5/h9-10,12,14H,6-8,11,13H2,1-5H3,(H,19,21). The summed E-state index contributed by atoms with van der Waals surface area (Å²) in [6.07, 6.45) is 2.25. The highest BCUT2D eigenvalue weighted by atomic mass is 16.5. The number of hydrogen-bond donors (Lipinski definition) is 1. The van der Waals surface area contributed by atoms with Gasteiger partial charge in [0, 0.05) is 5.56 Å². The average molecular weight is 322 g/mol. The molecule has 1 aromatic rings. The molecule has 1 aromatic carbocycles. The number of unbranched alkanes of at least 4 members (excludes halogenated alkanes) is 1. The van der Waals surface area contributed by atoms with Gasteiger partial charge in [0.15, 0.2) is 0 Å². The summed E-state index contributed by atoms with van der Waals surface area (Å²) < 4.78 is 10.6. The first-order valence-electron chi connectivity index (χ1n) is 8.29. The third kappa shape index (κ3) is 6.10. The summed E-state index contributed by atoms with van der Waals surface area (Å²) in [7, 11) is 3.26. The molecule has 1 rings (SSSR count). The maximum atomic E-state index is 12.3. The molecule has 0 aliphatic heterocycles. The van der Waals surface area contributed by atoms with E-state index in [1.165, 1.54) is 0 Å². The van der Waals surface area contributed by atoms with Crippen LogP contribution < -0.4 is 14.8 Å². The van der Waals surface area contributed by atoms with Crippen molar-refractivity contribution >= 4 is 5.91 Å². The van der Waals surface area contributed by atoms with E-state index < -0.39 is 0 Å². The Hall–Kier alpha value is -1.75. The number of benzene rings is 1. The van der Waals surface area contributed by atoms with Gasteiger partial charge in [-0.15, -0.1) is 0 Å². The van der Waals surface area contributed by atoms with Gasteiger partial charge >= 0.3 is 0 Å². The molecule has 1 unspecified atom stereocenters. The molecule has 130 valence electrons. The van der Waals surface area contributed by atoms with Gasteiger partial charge in [-0.1, -0.05) is 20.3 Å². The number of carbonyl (C=O) groups excluding carboxylic acids is 1. The van der Waals surface area contributed by atoms with Gasteiger partial charge in [0.05, 0.1) is 26.8 Å². The number of ether oxygens (including phenoxy) is 2. The van der Waals surface area contributed by atoms with Gasteiger partial charge in [0.2, 0.25) is 5.91 Å². The summed E-state index contributed by atoms with van der Waals surface area (Å²) >= 11 is 0. The molecule has 0 fully saturated rings. The van der Waals surface area contributed by atoms with Crippen LogP contribution in [0.25, 0.3) is 0 Å². The normalized spacial score (nSPS) is 12.1. The number of nitrogens with one attached hydrogen (secondary N) is 1. The maximum absolute atomic E-state index is 12.3. The van der Waals surface area contributed by atoms with Crippen molar-refractivity contribution in [3.05, 3.63) is 23.8 Å². The zero-order chi connectivity index (χ0) is 17.2. The largest absolute Gasteiger partial charge is 0.497 e. The first-order chi connectivity index (χ1) is 11.0. The highest BCUT2D eigenvalue weighted by Gasteiger charge is 2.16. The van der Waals surface area contributed by atoms with Crippen LogP contribution in [0.15, 0.2) is 18.2 Å². The molecule has 0 heterocycles. The maximum Gasteiger partial charge on any atom is 0.234 e. The third-order valence-electron chi connectivity index (χ3n) is 3.92. The molecule has 0 aromatic heterocycles. The Balaban J connectivity index is 2.70. The summed E-state index contributed by atoms with van der Waals surface area (Å²) in [5.74, 6) is 1.53. The predicted molar refractivity (Wildman–Crippen MR) is 93.1 cm³/mol. The van der Waals surface area contributed by atoms with Gasteiger partial charge < -0.3 is 14.8 Å². The fraction of sp³-hybridized carbons (Fsp3) is 0.611. The molecule has 1 N–H and O–H groups in total. The first-order valence-corrected chi connectivity index (χ1v) is 8.29. The van der Waals surface area contributed by atoms with Crippen LogP contribution in [0.5, 0.6) is 11.5 Å². The average Bonchev–Trinajstić information content (AvgIpc) is 2.57. The third-order valence-corrected chi connectivity index (χ3v) is 3.92. The van der Waals surface area contributed by atoms with Gasteiger partial charge in [0.1, 0.15) is 11.5 Å². The molecule has 0 saturated heterocycles. The van der Waals surface area contributed by atoms with Crippen molar-refractivity contribution in [2.24, 2.45) is 0 Å². The second kappa shape index (κ2) is 10.1. The topological polar surface area (TPSA) is 50.8 Å². The molecule has 0 bridgehead atoms. The van der Waals surface area contributed by atoms with E-state index in [0.29, 0.717) is 6.54 Å². The number of hydrogen-bond acceptors (Lipinski definition) is 4. The molecule has 0 spiro atoms. The lowest BCUT2D eigenvalue weighted by atomic mass is 10.1. The molecule has 1 amide bonds. The number of methoxy groups -OCH3 is 2. The van der Waals surface area contributed by atoms with Crippen molar-refractivity contribution in [2.45, 2.75) is 39.7 Å². The quantitative estimate of drug-likeness (QED) is 0.719. The van der Waals surface area contributed by atoms with Crippen LogP contribution in [-0.2, 0) is 4.79 Å². The number of nitrogens with zero attached hydrogens (tertiary/aromatic N) is 1. The highest BCUT2D eigenvalue weighted by molar-refractivity contribution is 5.78. The Morgan fingerprint density at radius 1 is 1.26 bits per heavy atom. The van der Waals surface area contributed by atoms with Gasteiger partial charge in [0.25, 0.3) is 0 Å². The second-order valence-electron chi connectivity index (χ2n) is 5.62. The molecular weight excluding hydrogens is 292 g/mol. The van der Waals surface area contributed by atoms with Crippen LogP contribution in [0.3, 0.4) is 0 Å². The fourth-order valence-electron chi connectivity index (χ4n) is 2.48. The van der Waals surface area contributed by atoms with Crippen molar-refractivity contribution in [3.8, 4) is 11.5 Å². The van der Waals surface area contributed by atoms with Crippen molar-refractivity contribution in [1.29, 1.82) is 0 Å². The fourth-order valence-corrected chi connectivity index (χ4v) is 2.48. The molecule has 5 nitrogen and oxygen atoms in total. The zero-order valence-electron chi connectivity index (χ0n) is 15.0. The van der Waals surface area contributed by atoms with Crippen molar-refractivity contribution < 1.29 is 14.3 Å². The molecule has 0 saturated carbocycles. The van der Waals surface area contributed by atoms with Crippen LogP contribution in [0, 0.1) is 0 Å². The Labute approximate surface area is 140 Å². The number of rotatable bonds is 10. The summed E-state index contributed by atoms with van der Waals surface area (Å²) in [5.41, 5.74) is 0.914.